The molecule has 6 rings (SSSR count). The molecular weight excluding hydrogens is 403 g/mol. The first kappa shape index (κ1) is 20.2. The summed E-state index contributed by atoms with van der Waals surface area (Å²) >= 11 is 0. The van der Waals surface area contributed by atoms with Gasteiger partial charge < -0.3 is 14.1 Å². The Morgan fingerprint density at radius 3 is 2.00 bits per heavy atom. The van der Waals surface area contributed by atoms with Crippen LogP contribution in [0.25, 0.3) is 11.4 Å². The van der Waals surface area contributed by atoms with Gasteiger partial charge in [0.15, 0.2) is 0 Å². The highest BCUT2D eigenvalue weighted by molar-refractivity contribution is 6.73. The molecule has 0 unspecified atom stereocenters. The van der Waals surface area contributed by atoms with Crippen molar-refractivity contribution in [2.24, 2.45) is 0 Å². The highest BCUT2D eigenvalue weighted by atomic mass is 15.4. The molecule has 3 aromatic carbocycles. The zero-order valence-corrected chi connectivity index (χ0v) is 19.9. The summed E-state index contributed by atoms with van der Waals surface area (Å²) in [5.74, 6) is 1.87. The summed E-state index contributed by atoms with van der Waals surface area (Å²) < 4.78 is 2.34. The number of nitrogens with zero attached hydrogens (tertiary/aromatic N) is 4. The number of benzene rings is 3. The molecule has 0 radical (unpaired) electrons. The van der Waals surface area contributed by atoms with Crippen LogP contribution in [0.2, 0.25) is 0 Å². The van der Waals surface area contributed by atoms with E-state index in [0.717, 1.165) is 5.82 Å². The Bertz CT molecular complexity index is 1340. The summed E-state index contributed by atoms with van der Waals surface area (Å²) in [6, 6.07) is 22.2. The molecule has 2 aliphatic heterocycles. The number of fused-ring (bicyclic) bond motifs is 8. The minimum Gasteiger partial charge on any atom is -0.343 e. The van der Waals surface area contributed by atoms with Gasteiger partial charge in [-0.3, -0.25) is 0 Å². The van der Waals surface area contributed by atoms with E-state index in [-0.39, 0.29) is 7.12 Å². The highest BCUT2D eigenvalue weighted by Crippen LogP contribution is 2.53. The maximum atomic E-state index is 4.83. The lowest BCUT2D eigenvalue weighted by Crippen LogP contribution is -2.52. The molecule has 164 valence electrons. The van der Waals surface area contributed by atoms with Gasteiger partial charge in [0.2, 0.25) is 0 Å². The molecule has 0 saturated carbocycles. The smallest absolute Gasteiger partial charge is 0.343 e. The quantitative estimate of drug-likeness (QED) is 0.319. The Hall–Kier alpha value is -3.47. The van der Waals surface area contributed by atoms with Crippen LogP contribution in [-0.2, 0) is 0 Å². The molecule has 2 aliphatic rings. The van der Waals surface area contributed by atoms with E-state index in [1.165, 1.54) is 45.0 Å². The molecule has 0 spiro atoms. The van der Waals surface area contributed by atoms with Gasteiger partial charge in [0.05, 0.1) is 11.4 Å². The number of aromatic nitrogens is 2. The van der Waals surface area contributed by atoms with E-state index in [4.69, 9.17) is 4.98 Å². The molecule has 0 aliphatic carbocycles. The Morgan fingerprint density at radius 2 is 1.33 bits per heavy atom. The van der Waals surface area contributed by atoms with Crippen molar-refractivity contribution in [3.8, 4) is 11.4 Å². The molecule has 4 nitrogen and oxygen atoms in total. The van der Waals surface area contributed by atoms with E-state index in [2.05, 4.69) is 116 Å². The van der Waals surface area contributed by atoms with Crippen LogP contribution >= 0.6 is 0 Å². The summed E-state index contributed by atoms with van der Waals surface area (Å²) in [5.41, 5.74) is 10.3. The molecule has 5 heteroatoms. The van der Waals surface area contributed by atoms with Crippen LogP contribution in [-0.4, -0.2) is 16.6 Å². The molecule has 3 heterocycles. The first-order valence-electron chi connectivity index (χ1n) is 11.9. The van der Waals surface area contributed by atoms with Gasteiger partial charge in [-0.25, -0.2) is 4.98 Å². The zero-order valence-electron chi connectivity index (χ0n) is 19.9. The summed E-state index contributed by atoms with van der Waals surface area (Å²) in [7, 11) is -0.0356. The van der Waals surface area contributed by atoms with Gasteiger partial charge in [-0.2, -0.15) is 0 Å². The van der Waals surface area contributed by atoms with Crippen LogP contribution < -0.4 is 9.62 Å². The fourth-order valence-corrected chi connectivity index (χ4v) is 5.60. The number of aryl methyl sites for hydroxylation is 1. The third-order valence-electron chi connectivity index (χ3n) is 7.10. The lowest BCUT2D eigenvalue weighted by Gasteiger charge is -2.37. The number of anilines is 4. The molecule has 0 amide bonds. The van der Waals surface area contributed by atoms with Gasteiger partial charge in [0, 0.05) is 29.3 Å². The molecule has 4 aromatic rings. The van der Waals surface area contributed by atoms with Gasteiger partial charge in [-0.1, -0.05) is 70.2 Å². The van der Waals surface area contributed by atoms with Crippen molar-refractivity contribution in [2.45, 2.75) is 46.5 Å². The summed E-state index contributed by atoms with van der Waals surface area (Å²) in [6.07, 6.45) is 4.07. The SMILES string of the molecule is Cc1cccc2c1-c1nccn1B1N2c2ccccc2N1c1c(C(C)C)cccc1C(C)C. The van der Waals surface area contributed by atoms with Crippen LogP contribution in [0.3, 0.4) is 0 Å². The van der Waals surface area contributed by atoms with Crippen molar-refractivity contribution in [3.05, 3.63) is 89.7 Å². The standard InChI is InChI=1S/C28H29BN4/c1-18(2)21-11-9-12-22(19(3)4)27(21)33-24-14-7-6-13-23(24)32-25-15-8-10-20(5)26(25)28-30-16-17-31(28)29(32)33/h6-19H,1-5H3. The van der Waals surface area contributed by atoms with Crippen LogP contribution in [0.5, 0.6) is 0 Å². The minimum atomic E-state index is -0.0356. The Labute approximate surface area is 196 Å². The second-order valence-electron chi connectivity index (χ2n) is 9.80. The predicted molar refractivity (Wildman–Crippen MR) is 139 cm³/mol. The molecule has 0 N–H and O–H groups in total. The van der Waals surface area contributed by atoms with Crippen molar-refractivity contribution in [2.75, 3.05) is 9.62 Å². The third kappa shape index (κ3) is 2.75. The maximum Gasteiger partial charge on any atom is 0.519 e. The molecule has 0 atom stereocenters. The van der Waals surface area contributed by atoms with Crippen molar-refractivity contribution in [3.63, 3.8) is 0 Å². The number of rotatable bonds is 3. The van der Waals surface area contributed by atoms with Crippen LogP contribution in [0.1, 0.15) is 56.2 Å². The molecule has 0 fully saturated rings. The second kappa shape index (κ2) is 7.27. The second-order valence-corrected chi connectivity index (χ2v) is 9.80. The van der Waals surface area contributed by atoms with Crippen molar-refractivity contribution in [1.82, 2.24) is 9.46 Å². The van der Waals surface area contributed by atoms with E-state index >= 15 is 0 Å². The summed E-state index contributed by atoms with van der Waals surface area (Å²) in [6.45, 7) is 11.4. The van der Waals surface area contributed by atoms with E-state index < -0.39 is 0 Å². The predicted octanol–water partition coefficient (Wildman–Crippen LogP) is 7.24. The molecule has 1 aromatic heterocycles. The average molecular weight is 432 g/mol. The first-order chi connectivity index (χ1) is 16.0. The summed E-state index contributed by atoms with van der Waals surface area (Å²) in [4.78, 5) is 9.88. The lowest BCUT2D eigenvalue weighted by molar-refractivity contribution is 0.832. The Kier molecular flexibility index (Phi) is 4.44. The molecule has 33 heavy (non-hydrogen) atoms. The van der Waals surface area contributed by atoms with Crippen LogP contribution in [0, 0.1) is 6.92 Å². The topological polar surface area (TPSA) is 24.3 Å². The number of hydrogen-bond acceptors (Lipinski definition) is 3. The van der Waals surface area contributed by atoms with Crippen LogP contribution in [0.15, 0.2) is 73.1 Å². The van der Waals surface area contributed by atoms with Crippen molar-refractivity contribution >= 4 is 29.9 Å². The van der Waals surface area contributed by atoms with Gasteiger partial charge >= 0.3 is 7.12 Å². The van der Waals surface area contributed by atoms with E-state index in [0.29, 0.717) is 11.8 Å². The number of para-hydroxylation sites is 3. The highest BCUT2D eigenvalue weighted by Gasteiger charge is 2.50. The van der Waals surface area contributed by atoms with Crippen molar-refractivity contribution < 1.29 is 0 Å². The average Bonchev–Trinajstić information content (AvgIpc) is 3.41. The van der Waals surface area contributed by atoms with Gasteiger partial charge in [0.1, 0.15) is 5.82 Å². The number of imidazole rings is 1. The van der Waals surface area contributed by atoms with Gasteiger partial charge in [0.25, 0.3) is 0 Å². The van der Waals surface area contributed by atoms with E-state index in [9.17, 15) is 0 Å². The minimum absolute atomic E-state index is 0.0356. The molecule has 0 saturated heterocycles. The fourth-order valence-electron chi connectivity index (χ4n) is 5.60. The monoisotopic (exact) mass is 432 g/mol. The van der Waals surface area contributed by atoms with Gasteiger partial charge in [-0.15, -0.1) is 0 Å². The Morgan fingerprint density at radius 1 is 0.727 bits per heavy atom. The molecular formula is C28H29BN4. The maximum absolute atomic E-state index is 4.83. The molecule has 0 bridgehead atoms. The van der Waals surface area contributed by atoms with Gasteiger partial charge in [-0.05, 0) is 53.6 Å². The van der Waals surface area contributed by atoms with E-state index in [1.54, 1.807) is 0 Å². The normalized spacial score (nSPS) is 14.0. The van der Waals surface area contributed by atoms with Crippen LogP contribution in [0.4, 0.5) is 22.7 Å². The third-order valence-corrected chi connectivity index (χ3v) is 7.10. The van der Waals surface area contributed by atoms with E-state index in [1.807, 2.05) is 6.20 Å². The largest absolute Gasteiger partial charge is 0.519 e. The zero-order chi connectivity index (χ0) is 22.9. The number of hydrogen-bond donors (Lipinski definition) is 0. The van der Waals surface area contributed by atoms with Crippen molar-refractivity contribution in [1.29, 1.82) is 0 Å². The first-order valence-corrected chi connectivity index (χ1v) is 11.9. The lowest BCUT2D eigenvalue weighted by atomic mass is 9.79. The summed E-state index contributed by atoms with van der Waals surface area (Å²) in [5, 5.41) is 0. The Balaban J connectivity index is 1.70. The fraction of sp³-hybridized carbons (Fsp3) is 0.250.